The van der Waals surface area contributed by atoms with Crippen molar-refractivity contribution in [3.05, 3.63) is 0 Å². The predicted octanol–water partition coefficient (Wildman–Crippen LogP) is 0.757. The van der Waals surface area contributed by atoms with E-state index in [9.17, 15) is 9.59 Å². The molecule has 0 spiro atoms. The molecule has 1 aliphatic carbocycles. The summed E-state index contributed by atoms with van der Waals surface area (Å²) < 4.78 is 5.47. The third kappa shape index (κ3) is 2.82. The van der Waals surface area contributed by atoms with E-state index in [1.807, 2.05) is 20.8 Å². The number of ether oxygens (including phenoxy) is 1. The highest BCUT2D eigenvalue weighted by Gasteiger charge is 2.55. The molecule has 5 nitrogen and oxygen atoms in total. The summed E-state index contributed by atoms with van der Waals surface area (Å²) in [5.74, 6) is -0.244. The molecule has 3 N–H and O–H groups in total. The smallest absolute Gasteiger partial charge is 0.237 e. The zero-order valence-corrected chi connectivity index (χ0v) is 12.0. The van der Waals surface area contributed by atoms with Gasteiger partial charge in [-0.25, -0.2) is 0 Å². The second kappa shape index (κ2) is 4.87. The summed E-state index contributed by atoms with van der Waals surface area (Å²) in [6.45, 7) is 6.24. The number of fused-ring (bicyclic) bond motifs is 1. The van der Waals surface area contributed by atoms with E-state index in [4.69, 9.17) is 10.5 Å². The fourth-order valence-electron chi connectivity index (χ4n) is 3.10. The maximum atomic E-state index is 12.2. The van der Waals surface area contributed by atoms with Crippen LogP contribution in [0.2, 0.25) is 0 Å². The molecule has 1 aliphatic heterocycles. The van der Waals surface area contributed by atoms with Gasteiger partial charge >= 0.3 is 0 Å². The molecule has 19 heavy (non-hydrogen) atoms. The number of hydrogen-bond donors (Lipinski definition) is 2. The number of hydrogen-bond acceptors (Lipinski definition) is 4. The Morgan fingerprint density at radius 3 is 2.89 bits per heavy atom. The van der Waals surface area contributed by atoms with Crippen LogP contribution in [0, 0.1) is 5.41 Å². The van der Waals surface area contributed by atoms with Crippen molar-refractivity contribution in [3.8, 4) is 0 Å². The van der Waals surface area contributed by atoms with Crippen LogP contribution in [0.4, 0.5) is 0 Å². The van der Waals surface area contributed by atoms with E-state index in [0.29, 0.717) is 12.8 Å². The van der Waals surface area contributed by atoms with Gasteiger partial charge in [-0.15, -0.1) is 0 Å². The molecule has 5 heteroatoms. The second-order valence-corrected chi connectivity index (χ2v) is 6.95. The van der Waals surface area contributed by atoms with E-state index in [1.165, 1.54) is 0 Å². The molecule has 1 saturated carbocycles. The molecular weight excluding hydrogens is 244 g/mol. The maximum Gasteiger partial charge on any atom is 0.237 e. The van der Waals surface area contributed by atoms with Crippen molar-refractivity contribution in [2.24, 2.45) is 11.1 Å². The SMILES string of the molecule is CC(C)(C)CC(N)C(=O)NC12CCCC1OCC2=O. The number of nitrogens with one attached hydrogen (secondary N) is 1. The summed E-state index contributed by atoms with van der Waals surface area (Å²) >= 11 is 0. The highest BCUT2D eigenvalue weighted by molar-refractivity contribution is 5.97. The van der Waals surface area contributed by atoms with Gasteiger partial charge in [-0.2, -0.15) is 0 Å². The minimum atomic E-state index is -0.799. The van der Waals surface area contributed by atoms with Crippen molar-refractivity contribution in [2.75, 3.05) is 6.61 Å². The van der Waals surface area contributed by atoms with Gasteiger partial charge in [-0.05, 0) is 31.1 Å². The lowest BCUT2D eigenvalue weighted by Gasteiger charge is -2.30. The molecule has 108 valence electrons. The number of ketones is 1. The van der Waals surface area contributed by atoms with Crippen LogP contribution in [0.1, 0.15) is 46.5 Å². The first-order chi connectivity index (χ1) is 8.74. The summed E-state index contributed by atoms with van der Waals surface area (Å²) in [5.41, 5.74) is 5.13. The van der Waals surface area contributed by atoms with Gasteiger partial charge in [0.2, 0.25) is 5.91 Å². The highest BCUT2D eigenvalue weighted by Crippen LogP contribution is 2.37. The van der Waals surface area contributed by atoms with E-state index in [1.54, 1.807) is 0 Å². The fraction of sp³-hybridized carbons (Fsp3) is 0.857. The average Bonchev–Trinajstić information content (AvgIpc) is 2.78. The molecule has 0 bridgehead atoms. The topological polar surface area (TPSA) is 81.4 Å². The Bertz CT molecular complexity index is 389. The van der Waals surface area contributed by atoms with Crippen LogP contribution in [0.25, 0.3) is 0 Å². The number of carbonyl (C=O) groups excluding carboxylic acids is 2. The fourth-order valence-corrected chi connectivity index (χ4v) is 3.10. The third-order valence-corrected chi connectivity index (χ3v) is 4.02. The molecule has 0 aromatic carbocycles. The molecule has 1 heterocycles. The highest BCUT2D eigenvalue weighted by atomic mass is 16.5. The van der Waals surface area contributed by atoms with Gasteiger partial charge in [0.25, 0.3) is 0 Å². The zero-order valence-electron chi connectivity index (χ0n) is 12.0. The summed E-state index contributed by atoms with van der Waals surface area (Å²) in [6.07, 6.45) is 2.84. The number of amides is 1. The van der Waals surface area contributed by atoms with Crippen LogP contribution >= 0.6 is 0 Å². The van der Waals surface area contributed by atoms with Crippen molar-refractivity contribution in [3.63, 3.8) is 0 Å². The lowest BCUT2D eigenvalue weighted by Crippen LogP contribution is -2.59. The van der Waals surface area contributed by atoms with Gasteiger partial charge in [0.1, 0.15) is 12.1 Å². The van der Waals surface area contributed by atoms with Gasteiger partial charge in [0.05, 0.1) is 12.1 Å². The predicted molar refractivity (Wildman–Crippen MR) is 71.5 cm³/mol. The third-order valence-electron chi connectivity index (χ3n) is 4.02. The van der Waals surface area contributed by atoms with Crippen LogP contribution in [0.15, 0.2) is 0 Å². The van der Waals surface area contributed by atoms with Crippen LogP contribution in [-0.4, -0.2) is 36.0 Å². The maximum absolute atomic E-state index is 12.2. The minimum Gasteiger partial charge on any atom is -0.367 e. The van der Waals surface area contributed by atoms with E-state index in [-0.39, 0.29) is 29.8 Å². The number of nitrogens with two attached hydrogens (primary N) is 1. The number of carbonyl (C=O) groups is 2. The van der Waals surface area contributed by atoms with Crippen molar-refractivity contribution in [1.29, 1.82) is 0 Å². The van der Waals surface area contributed by atoms with E-state index in [2.05, 4.69) is 5.32 Å². The first-order valence-corrected chi connectivity index (χ1v) is 6.97. The second-order valence-electron chi connectivity index (χ2n) is 6.95. The van der Waals surface area contributed by atoms with Gasteiger partial charge in [0.15, 0.2) is 5.78 Å². The Morgan fingerprint density at radius 2 is 2.26 bits per heavy atom. The van der Waals surface area contributed by atoms with E-state index < -0.39 is 11.6 Å². The molecular formula is C14H24N2O3. The number of Topliss-reactive ketones (excluding diaryl/α,β-unsaturated/α-hetero) is 1. The van der Waals surface area contributed by atoms with Crippen molar-refractivity contribution >= 4 is 11.7 Å². The lowest BCUT2D eigenvalue weighted by molar-refractivity contribution is -0.131. The molecule has 0 aromatic heterocycles. The molecule has 2 rings (SSSR count). The van der Waals surface area contributed by atoms with E-state index >= 15 is 0 Å². The minimum absolute atomic E-state index is 0.00805. The van der Waals surface area contributed by atoms with Crippen LogP contribution < -0.4 is 11.1 Å². The molecule has 1 amide bonds. The molecule has 2 fully saturated rings. The summed E-state index contributed by atoms with van der Waals surface area (Å²) in [4.78, 5) is 24.3. The van der Waals surface area contributed by atoms with Crippen LogP contribution in [0.5, 0.6) is 0 Å². The normalized spacial score (nSPS) is 32.2. The first kappa shape index (κ1) is 14.5. The van der Waals surface area contributed by atoms with Crippen LogP contribution in [-0.2, 0) is 14.3 Å². The molecule has 3 atom stereocenters. The molecule has 0 aromatic rings. The summed E-state index contributed by atoms with van der Waals surface area (Å²) in [6, 6.07) is -0.580. The zero-order chi connectivity index (χ0) is 14.3. The van der Waals surface area contributed by atoms with Gasteiger partial charge in [0, 0.05) is 0 Å². The van der Waals surface area contributed by atoms with Crippen molar-refractivity contribution in [2.45, 2.75) is 64.1 Å². The van der Waals surface area contributed by atoms with Crippen molar-refractivity contribution < 1.29 is 14.3 Å². The Hall–Kier alpha value is -0.940. The average molecular weight is 268 g/mol. The standard InChI is InChI=1S/C14H24N2O3/c1-13(2,3)7-9(15)12(18)16-14-6-4-5-11(14)19-8-10(14)17/h9,11H,4-8,15H2,1-3H3,(H,16,18). The van der Waals surface area contributed by atoms with E-state index in [0.717, 1.165) is 12.8 Å². The Morgan fingerprint density at radius 1 is 1.58 bits per heavy atom. The molecule has 1 saturated heterocycles. The van der Waals surface area contributed by atoms with Gasteiger partial charge < -0.3 is 15.8 Å². The quantitative estimate of drug-likeness (QED) is 0.791. The lowest BCUT2D eigenvalue weighted by atomic mass is 9.87. The molecule has 3 unspecified atom stereocenters. The molecule has 0 radical (unpaired) electrons. The summed E-state index contributed by atoms with van der Waals surface area (Å²) in [5, 5.41) is 2.89. The van der Waals surface area contributed by atoms with Crippen molar-refractivity contribution in [1.82, 2.24) is 5.32 Å². The van der Waals surface area contributed by atoms with Crippen LogP contribution in [0.3, 0.4) is 0 Å². The van der Waals surface area contributed by atoms with Gasteiger partial charge in [-0.3, -0.25) is 9.59 Å². The largest absolute Gasteiger partial charge is 0.367 e. The van der Waals surface area contributed by atoms with Gasteiger partial charge in [-0.1, -0.05) is 20.8 Å². The number of rotatable bonds is 3. The molecule has 2 aliphatic rings. The monoisotopic (exact) mass is 268 g/mol. The Labute approximate surface area is 114 Å². The Balaban J connectivity index is 2.04. The summed E-state index contributed by atoms with van der Waals surface area (Å²) in [7, 11) is 0. The Kier molecular flexibility index (Phi) is 3.71. The first-order valence-electron chi connectivity index (χ1n) is 6.97.